The first-order valence-corrected chi connectivity index (χ1v) is 9.92. The molecule has 2 atom stereocenters. The van der Waals surface area contributed by atoms with Gasteiger partial charge in [-0.2, -0.15) is 8.78 Å². The van der Waals surface area contributed by atoms with Crippen molar-refractivity contribution in [1.29, 1.82) is 0 Å². The molecule has 0 spiro atoms. The highest BCUT2D eigenvalue weighted by atomic mass is 32.2. The maximum atomic E-state index is 12.7. The third kappa shape index (κ3) is 7.77. The highest BCUT2D eigenvalue weighted by Gasteiger charge is 2.28. The molecule has 11 heteroatoms. The summed E-state index contributed by atoms with van der Waals surface area (Å²) in [7, 11) is -3.76. The number of alkyl halides is 2. The molecular formula is C17H25F2N3O5S. The molecule has 0 heterocycles. The van der Waals surface area contributed by atoms with E-state index in [4.69, 9.17) is 9.88 Å². The minimum atomic E-state index is -3.76. The number of amides is 2. The van der Waals surface area contributed by atoms with Gasteiger partial charge in [-0.15, -0.1) is 4.36 Å². The van der Waals surface area contributed by atoms with E-state index >= 15 is 0 Å². The van der Waals surface area contributed by atoms with Crippen molar-refractivity contribution in [3.8, 4) is 5.75 Å². The fraction of sp³-hybridized carbons (Fsp3) is 0.529. The number of hydrogen-bond acceptors (Lipinski definition) is 5. The Morgan fingerprint density at radius 3 is 2.36 bits per heavy atom. The topological polar surface area (TPSA) is 120 Å². The summed E-state index contributed by atoms with van der Waals surface area (Å²) in [5.74, 6) is -1.62. The van der Waals surface area contributed by atoms with Crippen LogP contribution in [-0.2, 0) is 19.4 Å². The lowest BCUT2D eigenvalue weighted by molar-refractivity contribution is -0.120. The Hall–Kier alpha value is -2.27. The quantitative estimate of drug-likeness (QED) is 0.731. The molecule has 0 aliphatic carbocycles. The Morgan fingerprint density at radius 1 is 1.25 bits per heavy atom. The number of alkyl carbamates (subject to hydrolysis) is 1. The largest absolute Gasteiger partial charge is 0.444 e. The molecule has 0 saturated heterocycles. The normalized spacial score (nSPS) is 14.9. The van der Waals surface area contributed by atoms with E-state index in [1.807, 2.05) is 0 Å². The van der Waals surface area contributed by atoms with E-state index in [2.05, 4.69) is 14.4 Å². The summed E-state index contributed by atoms with van der Waals surface area (Å²) in [6, 6.07) is 3.65. The number of halogens is 2. The van der Waals surface area contributed by atoms with Crippen LogP contribution in [-0.4, -0.2) is 34.5 Å². The van der Waals surface area contributed by atoms with E-state index in [1.165, 1.54) is 18.2 Å². The number of nitrogens with zero attached hydrogens (tertiary/aromatic N) is 1. The number of ether oxygens (including phenoxy) is 2. The van der Waals surface area contributed by atoms with Gasteiger partial charge in [0.05, 0.1) is 4.90 Å². The molecule has 1 unspecified atom stereocenters. The van der Waals surface area contributed by atoms with Crippen molar-refractivity contribution < 1.29 is 32.1 Å². The Bertz CT molecular complexity index is 830. The zero-order valence-corrected chi connectivity index (χ0v) is 17.1. The van der Waals surface area contributed by atoms with Crippen molar-refractivity contribution in [3.05, 3.63) is 24.3 Å². The molecule has 28 heavy (non-hydrogen) atoms. The smallest absolute Gasteiger partial charge is 0.408 e. The molecule has 0 radical (unpaired) electrons. The summed E-state index contributed by atoms with van der Waals surface area (Å²) < 4.78 is 50.2. The van der Waals surface area contributed by atoms with Crippen molar-refractivity contribution in [2.45, 2.75) is 57.8 Å². The van der Waals surface area contributed by atoms with Crippen molar-refractivity contribution in [2.75, 3.05) is 0 Å². The monoisotopic (exact) mass is 421 g/mol. The van der Waals surface area contributed by atoms with E-state index in [1.54, 1.807) is 34.6 Å². The summed E-state index contributed by atoms with van der Waals surface area (Å²) in [5, 5.41) is 8.04. The second-order valence-electron chi connectivity index (χ2n) is 7.22. The van der Waals surface area contributed by atoms with Gasteiger partial charge in [-0.25, -0.2) is 14.1 Å². The zero-order valence-electron chi connectivity index (χ0n) is 16.3. The summed E-state index contributed by atoms with van der Waals surface area (Å²) in [6.45, 7) is 5.18. The summed E-state index contributed by atoms with van der Waals surface area (Å²) in [6.07, 6.45) is -0.842. The number of nitrogens with one attached hydrogen (secondary N) is 1. The number of rotatable bonds is 6. The fourth-order valence-electron chi connectivity index (χ4n) is 2.02. The van der Waals surface area contributed by atoms with E-state index in [9.17, 15) is 22.6 Å². The van der Waals surface area contributed by atoms with E-state index in [0.717, 1.165) is 6.07 Å². The second kappa shape index (κ2) is 9.28. The average molecular weight is 421 g/mol. The number of carbonyl (C=O) groups excluding carboxylic acids is 2. The highest BCUT2D eigenvalue weighted by molar-refractivity contribution is 7.91. The maximum absolute atomic E-state index is 12.7. The van der Waals surface area contributed by atoms with Crippen molar-refractivity contribution in [1.82, 2.24) is 5.32 Å². The van der Waals surface area contributed by atoms with Crippen LogP contribution in [0.15, 0.2) is 33.5 Å². The second-order valence-corrected chi connectivity index (χ2v) is 9.01. The van der Waals surface area contributed by atoms with Gasteiger partial charge in [-0.3, -0.25) is 4.79 Å². The van der Waals surface area contributed by atoms with Gasteiger partial charge in [0.25, 0.3) is 5.91 Å². The van der Waals surface area contributed by atoms with Crippen LogP contribution in [0.5, 0.6) is 5.75 Å². The van der Waals surface area contributed by atoms with Crippen LogP contribution in [0, 0.1) is 5.92 Å². The molecule has 0 bridgehead atoms. The average Bonchev–Trinajstić information content (AvgIpc) is 2.49. The molecule has 0 aromatic heterocycles. The van der Waals surface area contributed by atoms with E-state index in [-0.39, 0.29) is 10.6 Å². The maximum Gasteiger partial charge on any atom is 0.408 e. The van der Waals surface area contributed by atoms with Crippen LogP contribution >= 0.6 is 0 Å². The molecule has 3 N–H and O–H groups in total. The number of benzene rings is 1. The number of carbonyl (C=O) groups is 2. The first-order chi connectivity index (χ1) is 12.7. The van der Waals surface area contributed by atoms with Gasteiger partial charge in [0.2, 0.25) is 0 Å². The Morgan fingerprint density at radius 2 is 1.86 bits per heavy atom. The third-order valence-corrected chi connectivity index (χ3v) is 4.58. The lowest BCUT2D eigenvalue weighted by Gasteiger charge is -2.24. The van der Waals surface area contributed by atoms with Gasteiger partial charge in [0, 0.05) is 0 Å². The van der Waals surface area contributed by atoms with Crippen LogP contribution in [0.25, 0.3) is 0 Å². The fourth-order valence-corrected chi connectivity index (χ4v) is 3.07. The van der Waals surface area contributed by atoms with Gasteiger partial charge in [-0.1, -0.05) is 19.9 Å². The Kier molecular flexibility index (Phi) is 7.88. The molecule has 158 valence electrons. The van der Waals surface area contributed by atoms with Gasteiger partial charge in [-0.05, 0) is 44.9 Å². The van der Waals surface area contributed by atoms with Gasteiger partial charge in [0.1, 0.15) is 27.3 Å². The van der Waals surface area contributed by atoms with Gasteiger partial charge < -0.3 is 14.8 Å². The molecule has 2 amide bonds. The molecule has 0 saturated carbocycles. The molecule has 0 fully saturated rings. The Balaban J connectivity index is 3.11. The summed E-state index contributed by atoms with van der Waals surface area (Å²) in [5.41, 5.74) is -0.779. The third-order valence-electron chi connectivity index (χ3n) is 3.20. The predicted octanol–water partition coefficient (Wildman–Crippen LogP) is 3.06. The lowest BCUT2D eigenvalue weighted by atomic mass is 10.0. The number of nitrogens with two attached hydrogens (primary N) is 1. The minimum Gasteiger partial charge on any atom is -0.444 e. The van der Waals surface area contributed by atoms with Crippen LogP contribution in [0.4, 0.5) is 13.6 Å². The molecule has 1 aromatic rings. The zero-order chi connectivity index (χ0) is 21.7. The lowest BCUT2D eigenvalue weighted by Crippen LogP contribution is -2.46. The van der Waals surface area contributed by atoms with Crippen molar-refractivity contribution in [3.63, 3.8) is 0 Å². The van der Waals surface area contributed by atoms with Crippen molar-refractivity contribution >= 4 is 21.9 Å². The van der Waals surface area contributed by atoms with E-state index in [0.29, 0.717) is 0 Å². The number of hydrogen-bond donors (Lipinski definition) is 2. The van der Waals surface area contributed by atoms with Crippen LogP contribution < -0.4 is 15.2 Å². The molecule has 1 aromatic carbocycles. The standard InChI is InChI=1S/C17H25F2N3O5S/c1-10(2)13(21-16(24)27-17(3,4)5)14(23)22-28(20,25)12-8-6-7-11(9-12)26-15(18)19/h6-10,13,15H,1-5H3,(H,21,24)(H2,20,22,23,25)/t13-,28?/m0/s1. The first-order valence-electron chi connectivity index (χ1n) is 8.34. The molecule has 8 nitrogen and oxygen atoms in total. The molecule has 1 rings (SSSR count). The SMILES string of the molecule is CC(C)[C@H](NC(=O)OC(C)(C)C)C(=O)N=S(N)(=O)c1cccc(OC(F)F)c1. The highest BCUT2D eigenvalue weighted by Crippen LogP contribution is 2.20. The molecular weight excluding hydrogens is 396 g/mol. The summed E-state index contributed by atoms with van der Waals surface area (Å²) in [4.78, 5) is 24.3. The van der Waals surface area contributed by atoms with E-state index < -0.39 is 46.1 Å². The van der Waals surface area contributed by atoms with Gasteiger partial charge >= 0.3 is 12.7 Å². The van der Waals surface area contributed by atoms with Crippen LogP contribution in [0.2, 0.25) is 0 Å². The predicted molar refractivity (Wildman–Crippen MR) is 99.1 cm³/mol. The first kappa shape index (κ1) is 23.8. The minimum absolute atomic E-state index is 0.168. The summed E-state index contributed by atoms with van der Waals surface area (Å²) >= 11 is 0. The molecule has 0 aliphatic heterocycles. The molecule has 0 aliphatic rings. The van der Waals surface area contributed by atoms with Crippen LogP contribution in [0.1, 0.15) is 34.6 Å². The van der Waals surface area contributed by atoms with Crippen LogP contribution in [0.3, 0.4) is 0 Å². The van der Waals surface area contributed by atoms with Crippen molar-refractivity contribution in [2.24, 2.45) is 15.4 Å². The Labute approximate surface area is 163 Å². The van der Waals surface area contributed by atoms with Gasteiger partial charge in [0.15, 0.2) is 0 Å².